The molecule has 1 aromatic rings. The van der Waals surface area contributed by atoms with Crippen LogP contribution in [-0.2, 0) is 20.9 Å². The topological polar surface area (TPSA) is 44.8 Å². The number of carbonyl (C=O) groups is 1. The van der Waals surface area contributed by atoms with Gasteiger partial charge >= 0.3 is 5.97 Å². The van der Waals surface area contributed by atoms with Crippen LogP contribution >= 0.6 is 0 Å². The SMILES string of the molecule is CCCCCCCCCCC[C@H](C[C@@H]1OC(=O)[C@H]1CCCCCC)OCc1ccc(OC)cc1. The predicted octanol–water partition coefficient (Wildman–Crippen LogP) is 8.40. The summed E-state index contributed by atoms with van der Waals surface area (Å²) in [7, 11) is 1.69. The standard InChI is InChI=1S/C30H50O4/c1-4-6-8-10-11-12-13-14-15-17-27(33-24-25-19-21-26(32-3)22-20-25)23-29-28(30(31)34-29)18-16-9-7-5-2/h19-22,27-29H,4-18,23-24H2,1-3H3/t27-,28+,29+/m1/s1. The van der Waals surface area contributed by atoms with E-state index in [9.17, 15) is 4.79 Å². The van der Waals surface area contributed by atoms with Crippen LogP contribution in [0.4, 0.5) is 0 Å². The lowest BCUT2D eigenvalue weighted by molar-refractivity contribution is -0.190. The Morgan fingerprint density at radius 1 is 0.824 bits per heavy atom. The second-order valence-corrected chi connectivity index (χ2v) is 10.1. The van der Waals surface area contributed by atoms with Gasteiger partial charge in [-0.05, 0) is 30.5 Å². The van der Waals surface area contributed by atoms with Crippen LogP contribution in [0.5, 0.6) is 5.75 Å². The maximum atomic E-state index is 12.1. The maximum Gasteiger partial charge on any atom is 0.313 e. The molecule has 4 nitrogen and oxygen atoms in total. The Hall–Kier alpha value is -1.55. The summed E-state index contributed by atoms with van der Waals surface area (Å²) >= 11 is 0. The number of methoxy groups -OCH3 is 1. The zero-order chi connectivity index (χ0) is 24.4. The van der Waals surface area contributed by atoms with Crippen LogP contribution in [0.2, 0.25) is 0 Å². The normalized spacial score (nSPS) is 18.4. The van der Waals surface area contributed by atoms with Crippen molar-refractivity contribution in [1.29, 1.82) is 0 Å². The van der Waals surface area contributed by atoms with Crippen molar-refractivity contribution in [1.82, 2.24) is 0 Å². The molecule has 1 fully saturated rings. The molecule has 34 heavy (non-hydrogen) atoms. The third kappa shape index (κ3) is 11.3. The summed E-state index contributed by atoms with van der Waals surface area (Å²) in [6, 6.07) is 8.09. The molecule has 0 aromatic heterocycles. The maximum absolute atomic E-state index is 12.1. The number of rotatable bonds is 21. The first kappa shape index (κ1) is 28.7. The number of hydrogen-bond acceptors (Lipinski definition) is 4. The van der Waals surface area contributed by atoms with Crippen molar-refractivity contribution in [2.75, 3.05) is 7.11 Å². The summed E-state index contributed by atoms with van der Waals surface area (Å²) < 4.78 is 17.2. The number of esters is 1. The van der Waals surface area contributed by atoms with E-state index in [0.717, 1.165) is 37.0 Å². The minimum absolute atomic E-state index is 0.00141. The van der Waals surface area contributed by atoms with Gasteiger partial charge in [0.05, 0.1) is 25.7 Å². The van der Waals surface area contributed by atoms with E-state index in [-0.39, 0.29) is 24.1 Å². The lowest BCUT2D eigenvalue weighted by Gasteiger charge is -2.37. The monoisotopic (exact) mass is 474 g/mol. The average molecular weight is 475 g/mol. The van der Waals surface area contributed by atoms with Gasteiger partial charge in [-0.2, -0.15) is 0 Å². The highest BCUT2D eigenvalue weighted by Gasteiger charge is 2.42. The first-order valence-electron chi connectivity index (χ1n) is 14.1. The first-order valence-corrected chi connectivity index (χ1v) is 14.1. The predicted molar refractivity (Wildman–Crippen MR) is 140 cm³/mol. The first-order chi connectivity index (χ1) is 16.7. The quantitative estimate of drug-likeness (QED) is 0.132. The molecular weight excluding hydrogens is 424 g/mol. The van der Waals surface area contributed by atoms with Crippen molar-refractivity contribution >= 4 is 5.97 Å². The molecule has 0 bridgehead atoms. The molecule has 1 saturated heterocycles. The molecule has 0 aliphatic carbocycles. The third-order valence-electron chi connectivity index (χ3n) is 7.16. The number of unbranched alkanes of at least 4 members (excludes halogenated alkanes) is 11. The van der Waals surface area contributed by atoms with E-state index in [4.69, 9.17) is 14.2 Å². The molecule has 3 atom stereocenters. The van der Waals surface area contributed by atoms with Gasteiger partial charge in [0.2, 0.25) is 0 Å². The highest BCUT2D eigenvalue weighted by Crippen LogP contribution is 2.33. The van der Waals surface area contributed by atoms with Gasteiger partial charge in [-0.1, -0.05) is 109 Å². The fourth-order valence-corrected chi connectivity index (χ4v) is 4.85. The Bertz CT molecular complexity index is 642. The van der Waals surface area contributed by atoms with Crippen molar-refractivity contribution < 1.29 is 19.0 Å². The second kappa shape index (κ2) is 17.8. The molecule has 0 N–H and O–H groups in total. The highest BCUT2D eigenvalue weighted by molar-refractivity contribution is 5.78. The molecule has 2 rings (SSSR count). The zero-order valence-electron chi connectivity index (χ0n) is 22.2. The summed E-state index contributed by atoms with van der Waals surface area (Å²) in [6.45, 7) is 5.08. The van der Waals surface area contributed by atoms with E-state index in [1.54, 1.807) is 7.11 Å². The number of benzene rings is 1. The van der Waals surface area contributed by atoms with Crippen LogP contribution in [0.3, 0.4) is 0 Å². The van der Waals surface area contributed by atoms with Gasteiger partial charge in [-0.25, -0.2) is 0 Å². The molecule has 1 heterocycles. The molecule has 4 heteroatoms. The van der Waals surface area contributed by atoms with E-state index < -0.39 is 0 Å². The molecule has 0 radical (unpaired) electrons. The summed E-state index contributed by atoms with van der Waals surface area (Å²) in [6.07, 6.45) is 19.8. The minimum atomic E-state index is -0.00141. The van der Waals surface area contributed by atoms with E-state index in [0.29, 0.717) is 6.61 Å². The highest BCUT2D eigenvalue weighted by atomic mass is 16.6. The molecule has 1 aliphatic rings. The minimum Gasteiger partial charge on any atom is -0.497 e. The van der Waals surface area contributed by atoms with Crippen molar-refractivity contribution in [2.45, 2.75) is 135 Å². The molecule has 194 valence electrons. The Kier molecular flexibility index (Phi) is 15.0. The fourth-order valence-electron chi connectivity index (χ4n) is 4.85. The Balaban J connectivity index is 1.77. The summed E-state index contributed by atoms with van der Waals surface area (Å²) in [4.78, 5) is 12.1. The van der Waals surface area contributed by atoms with Crippen LogP contribution in [-0.4, -0.2) is 25.3 Å². The van der Waals surface area contributed by atoms with Gasteiger partial charge in [0, 0.05) is 6.42 Å². The van der Waals surface area contributed by atoms with Crippen LogP contribution in [0.15, 0.2) is 24.3 Å². The second-order valence-electron chi connectivity index (χ2n) is 10.1. The number of cyclic esters (lactones) is 1. The van der Waals surface area contributed by atoms with E-state index in [1.165, 1.54) is 77.0 Å². The van der Waals surface area contributed by atoms with Gasteiger partial charge in [0.25, 0.3) is 0 Å². The van der Waals surface area contributed by atoms with Gasteiger partial charge in [-0.3, -0.25) is 4.79 Å². The molecule has 0 spiro atoms. The number of ether oxygens (including phenoxy) is 3. The number of carbonyl (C=O) groups excluding carboxylic acids is 1. The Morgan fingerprint density at radius 2 is 1.41 bits per heavy atom. The van der Waals surface area contributed by atoms with Crippen LogP contribution in [0.1, 0.15) is 122 Å². The van der Waals surface area contributed by atoms with Crippen molar-refractivity contribution in [2.24, 2.45) is 5.92 Å². The van der Waals surface area contributed by atoms with E-state index in [2.05, 4.69) is 26.0 Å². The van der Waals surface area contributed by atoms with Crippen molar-refractivity contribution in [3.63, 3.8) is 0 Å². The van der Waals surface area contributed by atoms with Crippen molar-refractivity contribution in [3.05, 3.63) is 29.8 Å². The smallest absolute Gasteiger partial charge is 0.313 e. The zero-order valence-corrected chi connectivity index (χ0v) is 22.2. The van der Waals surface area contributed by atoms with Gasteiger partial charge in [0.15, 0.2) is 0 Å². The van der Waals surface area contributed by atoms with E-state index in [1.807, 2.05) is 12.1 Å². The Labute approximate surface area is 209 Å². The molecule has 0 unspecified atom stereocenters. The van der Waals surface area contributed by atoms with E-state index >= 15 is 0 Å². The lowest BCUT2D eigenvalue weighted by atomic mass is 9.86. The van der Waals surface area contributed by atoms with Crippen LogP contribution in [0, 0.1) is 5.92 Å². The molecular formula is C30H50O4. The molecule has 1 aromatic carbocycles. The molecule has 0 saturated carbocycles. The summed E-state index contributed by atoms with van der Waals surface area (Å²) in [5, 5.41) is 0. The Morgan fingerprint density at radius 3 is 2.00 bits per heavy atom. The summed E-state index contributed by atoms with van der Waals surface area (Å²) in [5.74, 6) is 0.938. The fraction of sp³-hybridized carbons (Fsp3) is 0.767. The molecule has 0 amide bonds. The molecule has 1 aliphatic heterocycles. The average Bonchev–Trinajstić information content (AvgIpc) is 2.85. The number of hydrogen-bond donors (Lipinski definition) is 0. The summed E-state index contributed by atoms with van der Waals surface area (Å²) in [5.41, 5.74) is 1.15. The third-order valence-corrected chi connectivity index (χ3v) is 7.16. The van der Waals surface area contributed by atoms with Crippen LogP contribution in [0.25, 0.3) is 0 Å². The lowest BCUT2D eigenvalue weighted by Crippen LogP contribution is -2.47. The van der Waals surface area contributed by atoms with Crippen molar-refractivity contribution in [3.8, 4) is 5.75 Å². The largest absolute Gasteiger partial charge is 0.497 e. The van der Waals surface area contributed by atoms with Gasteiger partial charge in [-0.15, -0.1) is 0 Å². The van der Waals surface area contributed by atoms with Crippen LogP contribution < -0.4 is 4.74 Å². The van der Waals surface area contributed by atoms with Gasteiger partial charge < -0.3 is 14.2 Å². The van der Waals surface area contributed by atoms with Gasteiger partial charge in [0.1, 0.15) is 11.9 Å².